The fraction of sp³-hybridized carbons (Fsp3) is 0.917. The van der Waals surface area contributed by atoms with Gasteiger partial charge in [-0.05, 0) is 19.8 Å². The van der Waals surface area contributed by atoms with E-state index in [0.29, 0.717) is 13.0 Å². The Bertz CT molecular complexity index is 314. The van der Waals surface area contributed by atoms with Gasteiger partial charge in [-0.3, -0.25) is 9.63 Å². The largest absolute Gasteiger partial charge is 0.440 e. The van der Waals surface area contributed by atoms with Gasteiger partial charge in [-0.1, -0.05) is 6.42 Å². The van der Waals surface area contributed by atoms with Crippen LogP contribution in [0.25, 0.3) is 0 Å². The zero-order chi connectivity index (χ0) is 11.9. The van der Waals surface area contributed by atoms with E-state index in [4.69, 9.17) is 14.3 Å². The number of rotatable bonds is 2. The molecule has 0 aromatic carbocycles. The van der Waals surface area contributed by atoms with Gasteiger partial charge in [0.1, 0.15) is 6.04 Å². The van der Waals surface area contributed by atoms with Crippen molar-refractivity contribution in [2.24, 2.45) is 0 Å². The van der Waals surface area contributed by atoms with Crippen molar-refractivity contribution >= 4 is 5.97 Å². The molecule has 2 heterocycles. The van der Waals surface area contributed by atoms with Crippen molar-refractivity contribution in [3.05, 3.63) is 0 Å². The molecule has 1 saturated carbocycles. The third-order valence-electron chi connectivity index (χ3n) is 3.88. The Labute approximate surface area is 101 Å². The van der Waals surface area contributed by atoms with Crippen LogP contribution in [0, 0.1) is 0 Å². The first-order valence-corrected chi connectivity index (χ1v) is 6.56. The molecule has 96 valence electrons. The third kappa shape index (κ3) is 1.77. The molecule has 3 rings (SSSR count). The second kappa shape index (κ2) is 4.23. The molecule has 2 saturated heterocycles. The molecule has 0 N–H and O–H groups in total. The maximum atomic E-state index is 11.9. The van der Waals surface area contributed by atoms with Crippen molar-refractivity contribution < 1.29 is 19.1 Å². The first kappa shape index (κ1) is 11.4. The van der Waals surface area contributed by atoms with Crippen molar-refractivity contribution in [1.82, 2.24) is 5.06 Å². The second-order valence-corrected chi connectivity index (χ2v) is 5.00. The molecule has 0 aromatic heterocycles. The molecule has 1 aliphatic carbocycles. The van der Waals surface area contributed by atoms with Crippen LogP contribution in [-0.4, -0.2) is 35.7 Å². The van der Waals surface area contributed by atoms with Gasteiger partial charge in [0.05, 0.1) is 0 Å². The van der Waals surface area contributed by atoms with Gasteiger partial charge in [-0.2, -0.15) is 0 Å². The van der Waals surface area contributed by atoms with Crippen LogP contribution in [-0.2, 0) is 19.1 Å². The Hall–Kier alpha value is -0.650. The average molecular weight is 241 g/mol. The summed E-state index contributed by atoms with van der Waals surface area (Å²) < 4.78 is 11.0. The first-order chi connectivity index (χ1) is 8.25. The van der Waals surface area contributed by atoms with E-state index in [2.05, 4.69) is 0 Å². The summed E-state index contributed by atoms with van der Waals surface area (Å²) >= 11 is 0. The molecule has 0 aromatic rings. The molecule has 5 nitrogen and oxygen atoms in total. The van der Waals surface area contributed by atoms with Crippen molar-refractivity contribution in [2.75, 3.05) is 6.61 Å². The highest BCUT2D eigenvalue weighted by Gasteiger charge is 2.59. The van der Waals surface area contributed by atoms with Gasteiger partial charge in [0, 0.05) is 25.9 Å². The van der Waals surface area contributed by atoms with Gasteiger partial charge in [0.2, 0.25) is 0 Å². The lowest BCUT2D eigenvalue weighted by Gasteiger charge is -2.37. The topological polar surface area (TPSA) is 48.0 Å². The Morgan fingerprint density at radius 1 is 1.41 bits per heavy atom. The van der Waals surface area contributed by atoms with E-state index in [1.165, 1.54) is 6.42 Å². The van der Waals surface area contributed by atoms with E-state index in [0.717, 1.165) is 25.7 Å². The molecule has 3 aliphatic rings. The van der Waals surface area contributed by atoms with Crippen LogP contribution < -0.4 is 0 Å². The number of fused-ring (bicyclic) bond motifs is 2. The van der Waals surface area contributed by atoms with Crippen LogP contribution >= 0.6 is 0 Å². The van der Waals surface area contributed by atoms with E-state index in [-0.39, 0.29) is 18.3 Å². The second-order valence-electron chi connectivity index (χ2n) is 5.00. The number of hydrogen-bond donors (Lipinski definition) is 0. The number of carbonyl (C=O) groups is 1. The SMILES string of the molecule is CCO[C@@H]1C[C@@H]2C(=O)OC3(CCCCC3)N2O1. The highest BCUT2D eigenvalue weighted by molar-refractivity contribution is 5.78. The van der Waals surface area contributed by atoms with Crippen LogP contribution in [0.2, 0.25) is 0 Å². The molecule has 3 fully saturated rings. The van der Waals surface area contributed by atoms with Crippen LogP contribution in [0.5, 0.6) is 0 Å². The zero-order valence-corrected chi connectivity index (χ0v) is 10.2. The van der Waals surface area contributed by atoms with Gasteiger partial charge in [-0.15, -0.1) is 5.06 Å². The predicted molar refractivity (Wildman–Crippen MR) is 58.7 cm³/mol. The highest BCUT2D eigenvalue weighted by Crippen LogP contribution is 2.45. The van der Waals surface area contributed by atoms with Gasteiger partial charge in [0.15, 0.2) is 12.0 Å². The van der Waals surface area contributed by atoms with E-state index < -0.39 is 5.72 Å². The molecule has 0 amide bonds. The number of nitrogens with zero attached hydrogens (tertiary/aromatic N) is 1. The maximum absolute atomic E-state index is 11.9. The molecule has 2 atom stereocenters. The van der Waals surface area contributed by atoms with Crippen molar-refractivity contribution in [3.63, 3.8) is 0 Å². The molecule has 2 aliphatic heterocycles. The lowest BCUT2D eigenvalue weighted by atomic mass is 9.91. The van der Waals surface area contributed by atoms with Crippen molar-refractivity contribution in [1.29, 1.82) is 0 Å². The van der Waals surface area contributed by atoms with Gasteiger partial charge >= 0.3 is 5.97 Å². The van der Waals surface area contributed by atoms with Crippen LogP contribution in [0.4, 0.5) is 0 Å². The van der Waals surface area contributed by atoms with Gasteiger partial charge < -0.3 is 9.47 Å². The molecule has 0 radical (unpaired) electrons. The summed E-state index contributed by atoms with van der Waals surface area (Å²) in [6.07, 6.45) is 5.48. The van der Waals surface area contributed by atoms with Crippen molar-refractivity contribution in [3.8, 4) is 0 Å². The fourth-order valence-electron chi connectivity index (χ4n) is 3.10. The molecule has 5 heteroatoms. The van der Waals surface area contributed by atoms with Crippen LogP contribution in [0.15, 0.2) is 0 Å². The first-order valence-electron chi connectivity index (χ1n) is 6.56. The normalized spacial score (nSPS) is 36.2. The lowest BCUT2D eigenvalue weighted by Crippen LogP contribution is -2.46. The Morgan fingerprint density at radius 3 is 2.88 bits per heavy atom. The minimum absolute atomic E-state index is 0.144. The molecule has 0 unspecified atom stereocenters. The van der Waals surface area contributed by atoms with Crippen LogP contribution in [0.1, 0.15) is 45.4 Å². The summed E-state index contributed by atoms with van der Waals surface area (Å²) in [5.74, 6) is -0.144. The smallest absolute Gasteiger partial charge is 0.327 e. The number of hydroxylamine groups is 2. The standard InChI is InChI=1S/C12H19NO4/c1-2-15-10-8-9-11(14)16-12(13(9)17-10)6-4-3-5-7-12/h9-10H,2-8H2,1H3/t9-,10+/m1/s1. The predicted octanol–water partition coefficient (Wildman–Crippen LogP) is 1.57. The van der Waals surface area contributed by atoms with E-state index in [1.807, 2.05) is 6.92 Å². The molecule has 0 bridgehead atoms. The fourth-order valence-corrected chi connectivity index (χ4v) is 3.10. The Morgan fingerprint density at radius 2 is 2.18 bits per heavy atom. The Balaban J connectivity index is 1.77. The molecule has 17 heavy (non-hydrogen) atoms. The van der Waals surface area contributed by atoms with Gasteiger partial charge in [0.25, 0.3) is 0 Å². The summed E-state index contributed by atoms with van der Waals surface area (Å²) in [7, 11) is 0. The number of ether oxygens (including phenoxy) is 2. The minimum Gasteiger partial charge on any atom is -0.440 e. The quantitative estimate of drug-likeness (QED) is 0.687. The van der Waals surface area contributed by atoms with Gasteiger partial charge in [-0.25, -0.2) is 0 Å². The highest BCUT2D eigenvalue weighted by atomic mass is 16.8. The number of hydrogen-bond acceptors (Lipinski definition) is 5. The van der Waals surface area contributed by atoms with E-state index >= 15 is 0 Å². The summed E-state index contributed by atoms with van der Waals surface area (Å²) in [5, 5.41) is 1.79. The van der Waals surface area contributed by atoms with Crippen LogP contribution in [0.3, 0.4) is 0 Å². The van der Waals surface area contributed by atoms with E-state index in [1.54, 1.807) is 5.06 Å². The summed E-state index contributed by atoms with van der Waals surface area (Å²) in [4.78, 5) is 17.6. The Kier molecular flexibility index (Phi) is 2.84. The third-order valence-corrected chi connectivity index (χ3v) is 3.88. The summed E-state index contributed by atoms with van der Waals surface area (Å²) in [6.45, 7) is 2.54. The monoisotopic (exact) mass is 241 g/mol. The minimum atomic E-state index is -0.494. The number of carbonyl (C=O) groups excluding carboxylic acids is 1. The molecular formula is C12H19NO4. The summed E-state index contributed by atoms with van der Waals surface area (Å²) in [6, 6.07) is -0.260. The molecule has 1 spiro atoms. The zero-order valence-electron chi connectivity index (χ0n) is 10.2. The maximum Gasteiger partial charge on any atom is 0.327 e. The summed E-state index contributed by atoms with van der Waals surface area (Å²) in [5.41, 5.74) is -0.494. The van der Waals surface area contributed by atoms with Crippen molar-refractivity contribution in [2.45, 2.75) is 63.5 Å². The molecular weight excluding hydrogens is 222 g/mol. The lowest BCUT2D eigenvalue weighted by molar-refractivity contribution is -0.309. The van der Waals surface area contributed by atoms with E-state index in [9.17, 15) is 4.79 Å². The average Bonchev–Trinajstić information content (AvgIpc) is 2.83. The number of esters is 1.